The maximum atomic E-state index is 12.5. The van der Waals surface area contributed by atoms with Crippen molar-refractivity contribution in [3.8, 4) is 11.5 Å². The fourth-order valence-corrected chi connectivity index (χ4v) is 2.12. The van der Waals surface area contributed by atoms with Crippen molar-refractivity contribution < 1.29 is 14.6 Å². The molecule has 5 nitrogen and oxygen atoms in total. The minimum Gasteiger partial charge on any atom is -0.507 e. The molecule has 0 atom stereocenters. The van der Waals surface area contributed by atoms with Crippen molar-refractivity contribution in [2.45, 2.75) is 0 Å². The maximum absolute atomic E-state index is 12.5. The number of benzene rings is 1. The number of imidazole rings is 1. The van der Waals surface area contributed by atoms with Crippen molar-refractivity contribution in [3.63, 3.8) is 0 Å². The van der Waals surface area contributed by atoms with E-state index in [1.54, 1.807) is 48.0 Å². The standard InChI is InChI=1S/C15H12N2O3/c1-20-13-7-4-8-17-11(9-16-15(13)17)14(19)10-5-2-3-6-12(10)18/h2-9,18H,1H3. The third-order valence-electron chi connectivity index (χ3n) is 3.10. The number of fused-ring (bicyclic) bond motifs is 1. The highest BCUT2D eigenvalue weighted by molar-refractivity contribution is 6.10. The van der Waals surface area contributed by atoms with E-state index in [0.717, 1.165) is 0 Å². The van der Waals surface area contributed by atoms with E-state index in [2.05, 4.69) is 4.98 Å². The monoisotopic (exact) mass is 268 g/mol. The largest absolute Gasteiger partial charge is 0.507 e. The molecule has 0 aliphatic carbocycles. The molecule has 1 aromatic carbocycles. The lowest BCUT2D eigenvalue weighted by Crippen LogP contribution is -2.05. The number of carbonyl (C=O) groups excluding carboxylic acids is 1. The fraction of sp³-hybridized carbons (Fsp3) is 0.0667. The molecule has 100 valence electrons. The number of hydrogen-bond donors (Lipinski definition) is 1. The average molecular weight is 268 g/mol. The summed E-state index contributed by atoms with van der Waals surface area (Å²) in [7, 11) is 1.55. The van der Waals surface area contributed by atoms with Gasteiger partial charge in [0, 0.05) is 6.20 Å². The average Bonchev–Trinajstić information content (AvgIpc) is 2.91. The van der Waals surface area contributed by atoms with Gasteiger partial charge in [-0.2, -0.15) is 0 Å². The highest BCUT2D eigenvalue weighted by atomic mass is 16.5. The van der Waals surface area contributed by atoms with Gasteiger partial charge in [-0.3, -0.25) is 9.20 Å². The van der Waals surface area contributed by atoms with Crippen LogP contribution in [0.5, 0.6) is 11.5 Å². The van der Waals surface area contributed by atoms with Crippen molar-refractivity contribution in [1.29, 1.82) is 0 Å². The highest BCUT2D eigenvalue weighted by Crippen LogP contribution is 2.23. The van der Waals surface area contributed by atoms with Crippen LogP contribution in [0.2, 0.25) is 0 Å². The first-order valence-corrected chi connectivity index (χ1v) is 6.05. The second-order valence-corrected chi connectivity index (χ2v) is 4.26. The zero-order valence-electron chi connectivity index (χ0n) is 10.8. The van der Waals surface area contributed by atoms with E-state index in [-0.39, 0.29) is 17.1 Å². The molecule has 0 amide bonds. The van der Waals surface area contributed by atoms with Crippen LogP contribution in [0.3, 0.4) is 0 Å². The lowest BCUT2D eigenvalue weighted by atomic mass is 10.1. The van der Waals surface area contributed by atoms with Gasteiger partial charge in [0.05, 0.1) is 18.9 Å². The zero-order valence-corrected chi connectivity index (χ0v) is 10.8. The SMILES string of the molecule is COc1cccn2c(C(=O)c3ccccc3O)cnc12. The molecule has 0 aliphatic heterocycles. The number of carbonyl (C=O) groups is 1. The molecule has 2 heterocycles. The Morgan fingerprint density at radius 1 is 1.25 bits per heavy atom. The number of phenols is 1. The van der Waals surface area contributed by atoms with Crippen molar-refractivity contribution in [1.82, 2.24) is 9.38 Å². The summed E-state index contributed by atoms with van der Waals surface area (Å²) in [4.78, 5) is 16.7. The number of aromatic nitrogens is 2. The molecule has 0 radical (unpaired) electrons. The number of ketones is 1. The van der Waals surface area contributed by atoms with E-state index >= 15 is 0 Å². The van der Waals surface area contributed by atoms with Crippen LogP contribution in [0.4, 0.5) is 0 Å². The van der Waals surface area contributed by atoms with Crippen LogP contribution in [-0.4, -0.2) is 27.4 Å². The summed E-state index contributed by atoms with van der Waals surface area (Å²) in [5.74, 6) is 0.253. The smallest absolute Gasteiger partial charge is 0.215 e. The molecular formula is C15H12N2O3. The molecule has 2 aromatic heterocycles. The third kappa shape index (κ3) is 1.80. The Balaban J connectivity index is 2.16. The van der Waals surface area contributed by atoms with Crippen LogP contribution in [0.1, 0.15) is 16.1 Å². The summed E-state index contributed by atoms with van der Waals surface area (Å²) in [5.41, 5.74) is 1.19. The Morgan fingerprint density at radius 3 is 2.80 bits per heavy atom. The predicted octanol–water partition coefficient (Wildman–Crippen LogP) is 2.28. The molecule has 0 saturated carbocycles. The van der Waals surface area contributed by atoms with Crippen molar-refractivity contribution in [3.05, 3.63) is 60.0 Å². The number of ether oxygens (including phenoxy) is 1. The topological polar surface area (TPSA) is 63.8 Å². The van der Waals surface area contributed by atoms with Gasteiger partial charge in [0.1, 0.15) is 11.4 Å². The minimum absolute atomic E-state index is 0.0460. The van der Waals surface area contributed by atoms with Gasteiger partial charge in [-0.1, -0.05) is 12.1 Å². The van der Waals surface area contributed by atoms with Crippen molar-refractivity contribution in [2.75, 3.05) is 7.11 Å². The summed E-state index contributed by atoms with van der Waals surface area (Å²) in [5, 5.41) is 9.78. The Hall–Kier alpha value is -2.82. The third-order valence-corrected chi connectivity index (χ3v) is 3.10. The molecular weight excluding hydrogens is 256 g/mol. The van der Waals surface area contributed by atoms with Gasteiger partial charge in [-0.15, -0.1) is 0 Å². The lowest BCUT2D eigenvalue weighted by molar-refractivity contribution is 0.103. The number of para-hydroxylation sites is 1. The van der Waals surface area contributed by atoms with E-state index in [1.165, 1.54) is 12.3 Å². The molecule has 0 aliphatic rings. The molecule has 0 unspecified atom stereocenters. The van der Waals surface area contributed by atoms with E-state index in [4.69, 9.17) is 4.74 Å². The molecule has 0 fully saturated rings. The maximum Gasteiger partial charge on any atom is 0.215 e. The zero-order chi connectivity index (χ0) is 14.1. The summed E-state index contributed by atoms with van der Waals surface area (Å²) < 4.78 is 6.85. The number of rotatable bonds is 3. The van der Waals surface area contributed by atoms with Crippen LogP contribution in [0.15, 0.2) is 48.8 Å². The van der Waals surface area contributed by atoms with Gasteiger partial charge in [0.25, 0.3) is 0 Å². The van der Waals surface area contributed by atoms with Gasteiger partial charge in [-0.25, -0.2) is 4.98 Å². The quantitative estimate of drug-likeness (QED) is 0.740. The normalized spacial score (nSPS) is 10.7. The predicted molar refractivity (Wildman–Crippen MR) is 73.3 cm³/mol. The molecule has 3 aromatic rings. The number of hydrogen-bond acceptors (Lipinski definition) is 4. The van der Waals surface area contributed by atoms with Crippen LogP contribution in [-0.2, 0) is 0 Å². The van der Waals surface area contributed by atoms with Crippen LogP contribution in [0.25, 0.3) is 5.65 Å². The Kier molecular flexibility index (Phi) is 2.87. The summed E-state index contributed by atoms with van der Waals surface area (Å²) in [6.07, 6.45) is 3.21. The molecule has 3 rings (SSSR count). The van der Waals surface area contributed by atoms with Gasteiger partial charge in [0.2, 0.25) is 5.78 Å². The van der Waals surface area contributed by atoms with Crippen LogP contribution in [0, 0.1) is 0 Å². The van der Waals surface area contributed by atoms with Gasteiger partial charge >= 0.3 is 0 Å². The van der Waals surface area contributed by atoms with E-state index in [9.17, 15) is 9.90 Å². The number of aromatic hydroxyl groups is 1. The van der Waals surface area contributed by atoms with Gasteiger partial charge in [-0.05, 0) is 24.3 Å². The first-order chi connectivity index (χ1) is 9.72. The minimum atomic E-state index is -0.288. The molecule has 0 saturated heterocycles. The number of pyridine rings is 1. The van der Waals surface area contributed by atoms with Gasteiger partial charge < -0.3 is 9.84 Å². The van der Waals surface area contributed by atoms with E-state index < -0.39 is 0 Å². The number of phenolic OH excluding ortho intramolecular Hbond substituents is 1. The second-order valence-electron chi connectivity index (χ2n) is 4.26. The Bertz CT molecular complexity index is 793. The summed E-state index contributed by atoms with van der Waals surface area (Å²) >= 11 is 0. The summed E-state index contributed by atoms with van der Waals surface area (Å²) in [6, 6.07) is 9.99. The Labute approximate surface area is 115 Å². The second kappa shape index (κ2) is 4.70. The first-order valence-electron chi connectivity index (χ1n) is 6.05. The lowest BCUT2D eigenvalue weighted by Gasteiger charge is -2.05. The van der Waals surface area contributed by atoms with E-state index in [0.29, 0.717) is 17.1 Å². The Morgan fingerprint density at radius 2 is 2.05 bits per heavy atom. The first kappa shape index (κ1) is 12.2. The number of nitrogens with zero attached hydrogens (tertiary/aromatic N) is 2. The van der Waals surface area contributed by atoms with Crippen molar-refractivity contribution in [2.24, 2.45) is 0 Å². The summed E-state index contributed by atoms with van der Waals surface area (Å²) in [6.45, 7) is 0. The molecule has 1 N–H and O–H groups in total. The highest BCUT2D eigenvalue weighted by Gasteiger charge is 2.18. The van der Waals surface area contributed by atoms with Gasteiger partial charge in [0.15, 0.2) is 11.4 Å². The molecule has 20 heavy (non-hydrogen) atoms. The van der Waals surface area contributed by atoms with Crippen LogP contribution >= 0.6 is 0 Å². The van der Waals surface area contributed by atoms with Crippen LogP contribution < -0.4 is 4.74 Å². The number of methoxy groups -OCH3 is 1. The molecule has 0 bridgehead atoms. The van der Waals surface area contributed by atoms with Crippen molar-refractivity contribution >= 4 is 11.4 Å². The van der Waals surface area contributed by atoms with E-state index in [1.807, 2.05) is 0 Å². The fourth-order valence-electron chi connectivity index (χ4n) is 2.12. The molecule has 5 heteroatoms. The molecule has 0 spiro atoms.